The molecule has 2 unspecified atom stereocenters. The predicted octanol–water partition coefficient (Wildman–Crippen LogP) is 0.828. The quantitative estimate of drug-likeness (QED) is 0.602. The van der Waals surface area contributed by atoms with Gasteiger partial charge < -0.3 is 5.73 Å². The highest BCUT2D eigenvalue weighted by atomic mass is 16.1. The van der Waals surface area contributed by atoms with Crippen molar-refractivity contribution in [2.75, 3.05) is 0 Å². The van der Waals surface area contributed by atoms with Gasteiger partial charge in [-0.2, -0.15) is 0 Å². The van der Waals surface area contributed by atoms with E-state index in [9.17, 15) is 9.59 Å². The number of carbonyl (C=O) groups excluding carboxylic acids is 2. The topological polar surface area (TPSA) is 60.2 Å². The molecule has 0 fully saturated rings. The Balaban J connectivity index is 3.31. The fourth-order valence-electron chi connectivity index (χ4n) is 1.55. The Kier molecular flexibility index (Phi) is 2.16. The van der Waals surface area contributed by atoms with E-state index in [0.29, 0.717) is 11.1 Å². The molecular weight excluding hydrogens is 166 g/mol. The van der Waals surface area contributed by atoms with Crippen LogP contribution < -0.4 is 5.73 Å². The van der Waals surface area contributed by atoms with Crippen LogP contribution >= 0.6 is 0 Å². The average Bonchev–Trinajstić information content (AvgIpc) is 2.09. The molecule has 0 saturated carbocycles. The Hall–Kier alpha value is -0.960. The molecule has 13 heavy (non-hydrogen) atoms. The van der Waals surface area contributed by atoms with E-state index in [1.807, 2.05) is 0 Å². The molecule has 0 aromatic carbocycles. The van der Waals surface area contributed by atoms with E-state index in [1.165, 1.54) is 0 Å². The van der Waals surface area contributed by atoms with Gasteiger partial charge in [-0.25, -0.2) is 0 Å². The lowest BCUT2D eigenvalue weighted by molar-refractivity contribution is -0.130. The minimum Gasteiger partial charge on any atom is -0.318 e. The van der Waals surface area contributed by atoms with E-state index >= 15 is 0 Å². The van der Waals surface area contributed by atoms with Gasteiger partial charge in [0.15, 0.2) is 11.6 Å². The maximum atomic E-state index is 11.7. The molecule has 3 heteroatoms. The second kappa shape index (κ2) is 2.77. The second-order valence-corrected chi connectivity index (χ2v) is 3.95. The zero-order valence-electron chi connectivity index (χ0n) is 8.47. The molecule has 72 valence electrons. The highest BCUT2D eigenvalue weighted by Gasteiger charge is 2.44. The third kappa shape index (κ3) is 1.23. The second-order valence-electron chi connectivity index (χ2n) is 3.95. The lowest BCUT2D eigenvalue weighted by Gasteiger charge is -2.34. The lowest BCUT2D eigenvalue weighted by Crippen LogP contribution is -2.56. The molecule has 3 nitrogen and oxygen atoms in total. The Morgan fingerprint density at radius 1 is 1.23 bits per heavy atom. The van der Waals surface area contributed by atoms with Crippen molar-refractivity contribution < 1.29 is 9.59 Å². The van der Waals surface area contributed by atoms with Crippen LogP contribution in [0.25, 0.3) is 0 Å². The molecule has 0 aromatic heterocycles. The Labute approximate surface area is 78.0 Å². The molecule has 0 aliphatic heterocycles. The van der Waals surface area contributed by atoms with E-state index in [4.69, 9.17) is 5.73 Å². The average molecular weight is 181 g/mol. The van der Waals surface area contributed by atoms with Crippen LogP contribution in [0.4, 0.5) is 0 Å². The standard InChI is InChI=1S/C10H15NO2/c1-5-6(2)9(13)10(4,11)7(3)8(5)12/h7H,11H2,1-4H3. The van der Waals surface area contributed by atoms with Crippen molar-refractivity contribution in [3.8, 4) is 0 Å². The summed E-state index contributed by atoms with van der Waals surface area (Å²) in [6.07, 6.45) is 0. The molecule has 2 atom stereocenters. The van der Waals surface area contributed by atoms with Gasteiger partial charge in [0, 0.05) is 11.5 Å². The molecule has 2 N–H and O–H groups in total. The maximum absolute atomic E-state index is 11.7. The van der Waals surface area contributed by atoms with Crippen LogP contribution in [0.3, 0.4) is 0 Å². The summed E-state index contributed by atoms with van der Waals surface area (Å²) in [7, 11) is 0. The van der Waals surface area contributed by atoms with Crippen molar-refractivity contribution in [3.63, 3.8) is 0 Å². The molecule has 0 saturated heterocycles. The number of hydrogen-bond acceptors (Lipinski definition) is 3. The first kappa shape index (κ1) is 10.1. The van der Waals surface area contributed by atoms with Gasteiger partial charge in [-0.05, 0) is 26.3 Å². The molecule has 1 aliphatic rings. The summed E-state index contributed by atoms with van der Waals surface area (Å²) in [6, 6.07) is 0. The number of rotatable bonds is 0. The van der Waals surface area contributed by atoms with Crippen LogP contribution in [0.5, 0.6) is 0 Å². The zero-order chi connectivity index (χ0) is 10.4. The van der Waals surface area contributed by atoms with E-state index in [2.05, 4.69) is 0 Å². The SMILES string of the molecule is CC1=C(C)C(=O)C(C)(N)C(C)C1=O. The normalized spacial score (nSPS) is 35.6. The van der Waals surface area contributed by atoms with Gasteiger partial charge in [0.2, 0.25) is 0 Å². The molecule has 1 aliphatic carbocycles. The number of nitrogens with two attached hydrogens (primary N) is 1. The summed E-state index contributed by atoms with van der Waals surface area (Å²) in [6.45, 7) is 6.66. The fourth-order valence-corrected chi connectivity index (χ4v) is 1.55. The number of hydrogen-bond donors (Lipinski definition) is 1. The van der Waals surface area contributed by atoms with Crippen molar-refractivity contribution in [2.45, 2.75) is 33.2 Å². The first-order chi connectivity index (χ1) is 5.80. The molecule has 1 rings (SSSR count). The first-order valence-electron chi connectivity index (χ1n) is 4.35. The highest BCUT2D eigenvalue weighted by molar-refractivity contribution is 6.16. The maximum Gasteiger partial charge on any atom is 0.179 e. The monoisotopic (exact) mass is 181 g/mol. The summed E-state index contributed by atoms with van der Waals surface area (Å²) in [4.78, 5) is 23.3. The van der Waals surface area contributed by atoms with Crippen molar-refractivity contribution >= 4 is 11.6 Å². The van der Waals surface area contributed by atoms with E-state index < -0.39 is 11.5 Å². The molecular formula is C10H15NO2. The van der Waals surface area contributed by atoms with Gasteiger partial charge in [-0.1, -0.05) is 6.92 Å². The minimum absolute atomic E-state index is 0.0119. The molecule has 0 heterocycles. The molecule has 0 radical (unpaired) electrons. The summed E-state index contributed by atoms with van der Waals surface area (Å²) in [5.41, 5.74) is 5.84. The van der Waals surface area contributed by atoms with Crippen LogP contribution in [-0.2, 0) is 9.59 Å². The third-order valence-electron chi connectivity index (χ3n) is 3.05. The molecule has 0 aromatic rings. The van der Waals surface area contributed by atoms with Gasteiger partial charge in [0.25, 0.3) is 0 Å². The van der Waals surface area contributed by atoms with Gasteiger partial charge in [0.1, 0.15) is 0 Å². The third-order valence-corrected chi connectivity index (χ3v) is 3.05. The van der Waals surface area contributed by atoms with E-state index in [1.54, 1.807) is 27.7 Å². The Morgan fingerprint density at radius 2 is 1.69 bits per heavy atom. The molecule has 0 bridgehead atoms. The smallest absolute Gasteiger partial charge is 0.179 e. The largest absolute Gasteiger partial charge is 0.318 e. The van der Waals surface area contributed by atoms with Gasteiger partial charge in [-0.15, -0.1) is 0 Å². The van der Waals surface area contributed by atoms with Crippen LogP contribution in [0.15, 0.2) is 11.1 Å². The summed E-state index contributed by atoms with van der Waals surface area (Å²) in [5.74, 6) is -0.539. The number of carbonyl (C=O) groups is 2. The minimum atomic E-state index is -1.03. The number of Topliss-reactive ketones (excluding diaryl/α,β-unsaturated/α-hetero) is 2. The van der Waals surface area contributed by atoms with Gasteiger partial charge in [0.05, 0.1) is 5.54 Å². The summed E-state index contributed by atoms with van der Waals surface area (Å²) >= 11 is 0. The van der Waals surface area contributed by atoms with Gasteiger partial charge in [-0.3, -0.25) is 9.59 Å². The van der Waals surface area contributed by atoms with Crippen LogP contribution in [-0.4, -0.2) is 17.1 Å². The van der Waals surface area contributed by atoms with E-state index in [-0.39, 0.29) is 11.6 Å². The lowest BCUT2D eigenvalue weighted by atomic mass is 9.71. The van der Waals surface area contributed by atoms with Gasteiger partial charge >= 0.3 is 0 Å². The van der Waals surface area contributed by atoms with Crippen LogP contribution in [0, 0.1) is 5.92 Å². The Bertz CT molecular complexity index is 313. The Morgan fingerprint density at radius 3 is 2.15 bits per heavy atom. The number of allylic oxidation sites excluding steroid dienone is 1. The summed E-state index contributed by atoms with van der Waals surface area (Å²) in [5, 5.41) is 0. The fraction of sp³-hybridized carbons (Fsp3) is 0.600. The summed E-state index contributed by atoms with van der Waals surface area (Å²) < 4.78 is 0. The zero-order valence-corrected chi connectivity index (χ0v) is 8.47. The first-order valence-corrected chi connectivity index (χ1v) is 4.35. The highest BCUT2D eigenvalue weighted by Crippen LogP contribution is 2.29. The number of ketones is 2. The molecule has 0 amide bonds. The van der Waals surface area contributed by atoms with E-state index in [0.717, 1.165) is 0 Å². The van der Waals surface area contributed by atoms with Crippen molar-refractivity contribution in [1.82, 2.24) is 0 Å². The van der Waals surface area contributed by atoms with Crippen molar-refractivity contribution in [1.29, 1.82) is 0 Å². The van der Waals surface area contributed by atoms with Crippen molar-refractivity contribution in [3.05, 3.63) is 11.1 Å². The van der Waals surface area contributed by atoms with Crippen molar-refractivity contribution in [2.24, 2.45) is 11.7 Å². The van der Waals surface area contributed by atoms with Crippen LogP contribution in [0.1, 0.15) is 27.7 Å². The molecule has 0 spiro atoms. The predicted molar refractivity (Wildman–Crippen MR) is 50.1 cm³/mol. The van der Waals surface area contributed by atoms with Crippen LogP contribution in [0.2, 0.25) is 0 Å².